The van der Waals surface area contributed by atoms with Crippen LogP contribution >= 0.6 is 0 Å². The zero-order valence-electron chi connectivity index (χ0n) is 11.7. The van der Waals surface area contributed by atoms with Gasteiger partial charge in [-0.25, -0.2) is 4.79 Å². The van der Waals surface area contributed by atoms with E-state index in [1.165, 1.54) is 0 Å². The van der Waals surface area contributed by atoms with Crippen LogP contribution in [0.4, 0.5) is 0 Å². The molecule has 0 aromatic rings. The van der Waals surface area contributed by atoms with Crippen LogP contribution in [0.25, 0.3) is 0 Å². The number of carboxylic acid groups (broad SMARTS) is 1. The van der Waals surface area contributed by atoms with Crippen molar-refractivity contribution in [1.29, 1.82) is 0 Å². The monoisotopic (exact) mass is 256 g/mol. The van der Waals surface area contributed by atoms with Crippen LogP contribution in [0.3, 0.4) is 0 Å². The molecule has 0 radical (unpaired) electrons. The van der Waals surface area contributed by atoms with E-state index in [0.29, 0.717) is 0 Å². The third-order valence-corrected chi connectivity index (χ3v) is 3.64. The highest BCUT2D eigenvalue weighted by atomic mass is 16.4. The molecule has 0 aromatic carbocycles. The molecule has 1 aliphatic rings. The average Bonchev–Trinajstić information content (AvgIpc) is 2.24. The van der Waals surface area contributed by atoms with Gasteiger partial charge in [-0.15, -0.1) is 0 Å². The van der Waals surface area contributed by atoms with Gasteiger partial charge in [0, 0.05) is 5.41 Å². The Labute approximate surface area is 108 Å². The van der Waals surface area contributed by atoms with Gasteiger partial charge in [0.2, 0.25) is 5.91 Å². The maximum absolute atomic E-state index is 12.3. The second kappa shape index (κ2) is 5.26. The summed E-state index contributed by atoms with van der Waals surface area (Å²) < 4.78 is 0. The van der Waals surface area contributed by atoms with Crippen molar-refractivity contribution >= 4 is 11.9 Å². The van der Waals surface area contributed by atoms with E-state index in [0.717, 1.165) is 25.9 Å². The predicted octanol–water partition coefficient (Wildman–Crippen LogP) is 0.992. The molecule has 0 bridgehead atoms. The fourth-order valence-electron chi connectivity index (χ4n) is 2.16. The first-order chi connectivity index (χ1) is 8.17. The molecule has 1 heterocycles. The summed E-state index contributed by atoms with van der Waals surface area (Å²) in [6, 6.07) is -0.850. The Bertz CT molecular complexity index is 328. The fraction of sp³-hybridized carbons (Fsp3) is 0.846. The molecular weight excluding hydrogens is 232 g/mol. The van der Waals surface area contributed by atoms with Gasteiger partial charge in [0.05, 0.1) is 0 Å². The van der Waals surface area contributed by atoms with Crippen molar-refractivity contribution in [3.63, 3.8) is 0 Å². The summed E-state index contributed by atoms with van der Waals surface area (Å²) in [6.45, 7) is 8.96. The summed E-state index contributed by atoms with van der Waals surface area (Å²) in [5, 5.41) is 15.1. The van der Waals surface area contributed by atoms with Gasteiger partial charge in [-0.2, -0.15) is 0 Å². The largest absolute Gasteiger partial charge is 0.480 e. The first-order valence-electron chi connectivity index (χ1n) is 6.41. The number of nitrogens with one attached hydrogen (secondary N) is 2. The topological polar surface area (TPSA) is 78.4 Å². The van der Waals surface area contributed by atoms with E-state index in [4.69, 9.17) is 0 Å². The molecular formula is C13H24N2O3. The number of hydrogen-bond donors (Lipinski definition) is 3. The fourth-order valence-corrected chi connectivity index (χ4v) is 2.16. The van der Waals surface area contributed by atoms with Crippen LogP contribution in [0.5, 0.6) is 0 Å². The lowest BCUT2D eigenvalue weighted by atomic mass is 9.79. The third-order valence-electron chi connectivity index (χ3n) is 3.64. The van der Waals surface area contributed by atoms with Gasteiger partial charge < -0.3 is 15.7 Å². The van der Waals surface area contributed by atoms with E-state index >= 15 is 0 Å². The minimum atomic E-state index is -0.978. The molecule has 5 nitrogen and oxygen atoms in total. The van der Waals surface area contributed by atoms with Gasteiger partial charge in [-0.3, -0.25) is 4.79 Å². The molecule has 3 N–H and O–H groups in total. The lowest BCUT2D eigenvalue weighted by molar-refractivity contribution is -0.147. The molecule has 1 fully saturated rings. The first-order valence-corrected chi connectivity index (χ1v) is 6.41. The first kappa shape index (κ1) is 15.0. The van der Waals surface area contributed by atoms with Crippen LogP contribution in [-0.4, -0.2) is 36.1 Å². The maximum Gasteiger partial charge on any atom is 0.326 e. The van der Waals surface area contributed by atoms with Crippen LogP contribution in [-0.2, 0) is 9.59 Å². The summed E-state index contributed by atoms with van der Waals surface area (Å²) in [5.74, 6) is -1.13. The van der Waals surface area contributed by atoms with Crippen molar-refractivity contribution in [2.45, 2.75) is 46.6 Å². The van der Waals surface area contributed by atoms with Gasteiger partial charge in [0.1, 0.15) is 6.04 Å². The van der Waals surface area contributed by atoms with Gasteiger partial charge in [0.25, 0.3) is 0 Å². The van der Waals surface area contributed by atoms with Crippen molar-refractivity contribution < 1.29 is 14.7 Å². The molecule has 1 atom stereocenters. The number of carboxylic acids is 1. The van der Waals surface area contributed by atoms with Crippen LogP contribution in [0.15, 0.2) is 0 Å². The van der Waals surface area contributed by atoms with Gasteiger partial charge in [0.15, 0.2) is 0 Å². The SMILES string of the molecule is CC1(C(=O)NC(C(=O)O)C(C)(C)C)CCNCC1. The minimum Gasteiger partial charge on any atom is -0.480 e. The van der Waals surface area contributed by atoms with Gasteiger partial charge in [-0.1, -0.05) is 27.7 Å². The minimum absolute atomic E-state index is 0.147. The average molecular weight is 256 g/mol. The molecule has 1 saturated heterocycles. The molecule has 0 aliphatic carbocycles. The summed E-state index contributed by atoms with van der Waals surface area (Å²) >= 11 is 0. The normalized spacial score (nSPS) is 21.1. The molecule has 5 heteroatoms. The van der Waals surface area contributed by atoms with Crippen molar-refractivity contribution in [1.82, 2.24) is 10.6 Å². The standard InChI is InChI=1S/C13H24N2O3/c1-12(2,3)9(10(16)17)15-11(18)13(4)5-7-14-8-6-13/h9,14H,5-8H2,1-4H3,(H,15,18)(H,16,17). The quantitative estimate of drug-likeness (QED) is 0.703. The van der Waals surface area contributed by atoms with Crippen LogP contribution in [0.2, 0.25) is 0 Å². The second-order valence-electron chi connectivity index (χ2n) is 6.42. The smallest absolute Gasteiger partial charge is 0.326 e. The predicted molar refractivity (Wildman–Crippen MR) is 69.2 cm³/mol. The van der Waals surface area contributed by atoms with E-state index in [2.05, 4.69) is 10.6 Å². The summed E-state index contributed by atoms with van der Waals surface area (Å²) in [5.41, 5.74) is -0.949. The summed E-state index contributed by atoms with van der Waals surface area (Å²) in [6.07, 6.45) is 1.49. The van der Waals surface area contributed by atoms with Crippen molar-refractivity contribution in [3.05, 3.63) is 0 Å². The van der Waals surface area contributed by atoms with Crippen LogP contribution in [0, 0.1) is 10.8 Å². The Hall–Kier alpha value is -1.10. The number of aliphatic carboxylic acids is 1. The maximum atomic E-state index is 12.3. The third kappa shape index (κ3) is 3.45. The Balaban J connectivity index is 2.75. The Kier molecular flexibility index (Phi) is 4.37. The highest BCUT2D eigenvalue weighted by molar-refractivity contribution is 5.87. The zero-order chi connectivity index (χ0) is 14.0. The highest BCUT2D eigenvalue weighted by Gasteiger charge is 2.39. The van der Waals surface area contributed by atoms with E-state index in [1.54, 1.807) is 0 Å². The molecule has 1 rings (SSSR count). The summed E-state index contributed by atoms with van der Waals surface area (Å²) in [4.78, 5) is 23.5. The van der Waals surface area contributed by atoms with E-state index in [-0.39, 0.29) is 5.91 Å². The Morgan fingerprint density at radius 3 is 2.17 bits per heavy atom. The second-order valence-corrected chi connectivity index (χ2v) is 6.42. The highest BCUT2D eigenvalue weighted by Crippen LogP contribution is 2.29. The number of rotatable bonds is 3. The van der Waals surface area contributed by atoms with Crippen molar-refractivity contribution in [2.75, 3.05) is 13.1 Å². The number of piperidine rings is 1. The number of carbonyl (C=O) groups is 2. The lowest BCUT2D eigenvalue weighted by Gasteiger charge is -2.36. The molecule has 1 unspecified atom stereocenters. The van der Waals surface area contributed by atoms with E-state index < -0.39 is 22.8 Å². The molecule has 0 spiro atoms. The number of carbonyl (C=O) groups excluding carboxylic acids is 1. The van der Waals surface area contributed by atoms with Gasteiger partial charge >= 0.3 is 5.97 Å². The molecule has 0 aromatic heterocycles. The van der Waals surface area contributed by atoms with E-state index in [1.807, 2.05) is 27.7 Å². The molecule has 18 heavy (non-hydrogen) atoms. The Morgan fingerprint density at radius 1 is 1.28 bits per heavy atom. The molecule has 0 saturated carbocycles. The molecule has 104 valence electrons. The zero-order valence-corrected chi connectivity index (χ0v) is 11.7. The van der Waals surface area contributed by atoms with Gasteiger partial charge in [-0.05, 0) is 31.3 Å². The molecule has 1 aliphatic heterocycles. The van der Waals surface area contributed by atoms with Crippen LogP contribution < -0.4 is 10.6 Å². The Morgan fingerprint density at radius 2 is 1.78 bits per heavy atom. The van der Waals surface area contributed by atoms with Crippen molar-refractivity contribution in [3.8, 4) is 0 Å². The lowest BCUT2D eigenvalue weighted by Crippen LogP contribution is -2.54. The van der Waals surface area contributed by atoms with E-state index in [9.17, 15) is 14.7 Å². The van der Waals surface area contributed by atoms with Crippen LogP contribution in [0.1, 0.15) is 40.5 Å². The number of hydrogen-bond acceptors (Lipinski definition) is 3. The summed E-state index contributed by atoms with van der Waals surface area (Å²) in [7, 11) is 0. The van der Waals surface area contributed by atoms with Crippen molar-refractivity contribution in [2.24, 2.45) is 10.8 Å². The number of amides is 1. The molecule has 1 amide bonds.